The molecule has 11 nitrogen and oxygen atoms in total. The first kappa shape index (κ1) is 19.4. The third-order valence-corrected chi connectivity index (χ3v) is 5.46. The molecule has 0 saturated heterocycles. The Bertz CT molecular complexity index is 1150. The number of carbonyl (C=O) groups is 1. The second kappa shape index (κ2) is 7.70. The molecular weight excluding hydrogens is 388 g/mol. The summed E-state index contributed by atoms with van der Waals surface area (Å²) in [5.74, 6) is -1.30. The predicted octanol–water partition coefficient (Wildman–Crippen LogP) is 0.182. The summed E-state index contributed by atoms with van der Waals surface area (Å²) in [6, 6.07) is 7.36. The molecule has 0 atom stereocenters. The Kier molecular flexibility index (Phi) is 5.33. The van der Waals surface area contributed by atoms with Crippen LogP contribution in [0.1, 0.15) is 0 Å². The van der Waals surface area contributed by atoms with E-state index in [1.807, 2.05) is 0 Å². The molecule has 146 valence electrons. The van der Waals surface area contributed by atoms with Crippen LogP contribution >= 0.6 is 0 Å². The zero-order valence-corrected chi connectivity index (χ0v) is 15.8. The smallest absolute Gasteiger partial charge is 0.324 e. The third kappa shape index (κ3) is 3.97. The van der Waals surface area contributed by atoms with Gasteiger partial charge in [0.25, 0.3) is 0 Å². The van der Waals surface area contributed by atoms with Crippen LogP contribution in [0.3, 0.4) is 0 Å². The molecule has 0 aliphatic carbocycles. The lowest BCUT2D eigenvalue weighted by atomic mass is 10.3. The van der Waals surface area contributed by atoms with Gasteiger partial charge in [-0.3, -0.25) is 9.32 Å². The summed E-state index contributed by atoms with van der Waals surface area (Å²) < 4.78 is 31.1. The molecule has 2 heterocycles. The largest absolute Gasteiger partial charge is 0.442 e. The molecule has 3 aromatic rings. The van der Waals surface area contributed by atoms with Crippen LogP contribution in [0, 0.1) is 0 Å². The van der Waals surface area contributed by atoms with Crippen LogP contribution in [0.15, 0.2) is 56.9 Å². The highest BCUT2D eigenvalue weighted by Crippen LogP contribution is 2.18. The number of benzene rings is 1. The standard InChI is InChI=1S/C16H16N6O5S/c1-21(2)28(25,26)12-6-3-5-11(9-12)19-13(23)10-22-15(20-27-16(22)24)14-17-7-4-8-18-14/h3-9H,10H2,1-2H3,(H,19,23). The lowest BCUT2D eigenvalue weighted by molar-refractivity contribution is -0.116. The SMILES string of the molecule is CN(C)S(=O)(=O)c1cccc(NC(=O)Cn2c(-c3ncccn3)noc2=O)c1. The Morgan fingerprint density at radius 2 is 1.93 bits per heavy atom. The Morgan fingerprint density at radius 3 is 2.61 bits per heavy atom. The van der Waals surface area contributed by atoms with E-state index in [2.05, 4.69) is 25.0 Å². The van der Waals surface area contributed by atoms with Gasteiger partial charge in [-0.2, -0.15) is 0 Å². The molecule has 3 rings (SSSR count). The van der Waals surface area contributed by atoms with Gasteiger partial charge in [0.05, 0.1) is 4.90 Å². The second-order valence-electron chi connectivity index (χ2n) is 5.79. The van der Waals surface area contributed by atoms with Crippen molar-refractivity contribution in [3.63, 3.8) is 0 Å². The number of anilines is 1. The van der Waals surface area contributed by atoms with Crippen LogP contribution in [0.2, 0.25) is 0 Å². The average Bonchev–Trinajstić information content (AvgIpc) is 3.03. The lowest BCUT2D eigenvalue weighted by Crippen LogP contribution is -2.26. The minimum atomic E-state index is -3.65. The number of amides is 1. The Balaban J connectivity index is 1.81. The number of sulfonamides is 1. The molecular formula is C16H16N6O5S. The average molecular weight is 404 g/mol. The quantitative estimate of drug-likeness (QED) is 0.614. The molecule has 28 heavy (non-hydrogen) atoms. The Morgan fingerprint density at radius 1 is 1.21 bits per heavy atom. The highest BCUT2D eigenvalue weighted by atomic mass is 32.2. The third-order valence-electron chi connectivity index (χ3n) is 3.65. The number of rotatable bonds is 6. The van der Waals surface area contributed by atoms with Gasteiger partial charge in [-0.25, -0.2) is 32.1 Å². The number of nitrogens with zero attached hydrogens (tertiary/aromatic N) is 5. The van der Waals surface area contributed by atoms with Crippen molar-refractivity contribution in [2.24, 2.45) is 0 Å². The van der Waals surface area contributed by atoms with Crippen LogP contribution in [0.4, 0.5) is 5.69 Å². The highest BCUT2D eigenvalue weighted by molar-refractivity contribution is 7.89. The van der Waals surface area contributed by atoms with E-state index in [4.69, 9.17) is 0 Å². The van der Waals surface area contributed by atoms with Gasteiger partial charge in [0.1, 0.15) is 6.54 Å². The van der Waals surface area contributed by atoms with Crippen molar-refractivity contribution >= 4 is 21.6 Å². The summed E-state index contributed by atoms with van der Waals surface area (Å²) in [5, 5.41) is 6.14. The fourth-order valence-corrected chi connectivity index (χ4v) is 3.22. The normalized spacial score (nSPS) is 11.5. The molecule has 0 fully saturated rings. The Labute approximate surface area is 159 Å². The monoisotopic (exact) mass is 404 g/mol. The Hall–Kier alpha value is -3.38. The minimum absolute atomic E-state index is 0.00434. The number of hydrogen-bond acceptors (Lipinski definition) is 8. The molecule has 0 aliphatic heterocycles. The first-order valence-corrected chi connectivity index (χ1v) is 9.39. The van der Waals surface area contributed by atoms with Gasteiger partial charge in [0.2, 0.25) is 21.8 Å². The van der Waals surface area contributed by atoms with E-state index >= 15 is 0 Å². The number of nitrogens with one attached hydrogen (secondary N) is 1. The van der Waals surface area contributed by atoms with Crippen molar-refractivity contribution in [1.82, 2.24) is 24.0 Å². The van der Waals surface area contributed by atoms with Crippen LogP contribution < -0.4 is 11.1 Å². The van der Waals surface area contributed by atoms with Gasteiger partial charge >= 0.3 is 5.76 Å². The van der Waals surface area contributed by atoms with E-state index in [1.54, 1.807) is 6.07 Å². The van der Waals surface area contributed by atoms with Crippen LogP contribution in [0.5, 0.6) is 0 Å². The molecule has 12 heteroatoms. The second-order valence-corrected chi connectivity index (χ2v) is 7.95. The molecule has 1 N–H and O–H groups in total. The summed E-state index contributed by atoms with van der Waals surface area (Å²) in [6.45, 7) is -0.416. The van der Waals surface area contributed by atoms with Crippen molar-refractivity contribution in [3.8, 4) is 11.6 Å². The van der Waals surface area contributed by atoms with E-state index in [-0.39, 0.29) is 22.2 Å². The zero-order valence-electron chi connectivity index (χ0n) is 14.9. The fraction of sp³-hybridized carbons (Fsp3) is 0.188. The van der Waals surface area contributed by atoms with Crippen molar-refractivity contribution in [3.05, 3.63) is 53.3 Å². The zero-order chi connectivity index (χ0) is 20.3. The van der Waals surface area contributed by atoms with Crippen LogP contribution in [-0.4, -0.2) is 52.4 Å². The summed E-state index contributed by atoms with van der Waals surface area (Å²) in [5.41, 5.74) is 0.259. The lowest BCUT2D eigenvalue weighted by Gasteiger charge is -2.12. The van der Waals surface area contributed by atoms with Gasteiger partial charge < -0.3 is 5.32 Å². The molecule has 0 unspecified atom stereocenters. The molecule has 1 amide bonds. The molecule has 0 bridgehead atoms. The van der Waals surface area contributed by atoms with Crippen LogP contribution in [0.25, 0.3) is 11.6 Å². The minimum Gasteiger partial charge on any atom is -0.324 e. The number of carbonyl (C=O) groups excluding carboxylic acids is 1. The summed E-state index contributed by atoms with van der Waals surface area (Å²) >= 11 is 0. The van der Waals surface area contributed by atoms with Gasteiger partial charge in [-0.1, -0.05) is 11.2 Å². The van der Waals surface area contributed by atoms with Crippen molar-refractivity contribution in [2.75, 3.05) is 19.4 Å². The number of aromatic nitrogens is 4. The maximum atomic E-state index is 12.4. The molecule has 2 aromatic heterocycles. The molecule has 0 spiro atoms. The van der Waals surface area contributed by atoms with Gasteiger partial charge in [0, 0.05) is 32.2 Å². The van der Waals surface area contributed by atoms with Gasteiger partial charge in [-0.15, -0.1) is 0 Å². The van der Waals surface area contributed by atoms with Crippen molar-refractivity contribution in [1.29, 1.82) is 0 Å². The highest BCUT2D eigenvalue weighted by Gasteiger charge is 2.20. The van der Waals surface area contributed by atoms with Gasteiger partial charge in [-0.05, 0) is 24.3 Å². The van der Waals surface area contributed by atoms with E-state index in [0.29, 0.717) is 0 Å². The number of hydrogen-bond donors (Lipinski definition) is 1. The van der Waals surface area contributed by atoms with E-state index in [9.17, 15) is 18.0 Å². The summed E-state index contributed by atoms with van der Waals surface area (Å²) in [7, 11) is -0.832. The topological polar surface area (TPSA) is 140 Å². The summed E-state index contributed by atoms with van der Waals surface area (Å²) in [4.78, 5) is 32.2. The molecule has 0 radical (unpaired) electrons. The van der Waals surface area contributed by atoms with Crippen LogP contribution in [-0.2, 0) is 21.4 Å². The van der Waals surface area contributed by atoms with E-state index in [0.717, 1.165) is 8.87 Å². The van der Waals surface area contributed by atoms with Crippen molar-refractivity contribution < 1.29 is 17.7 Å². The van der Waals surface area contributed by atoms with E-state index < -0.39 is 28.2 Å². The molecule has 0 aliphatic rings. The predicted molar refractivity (Wildman–Crippen MR) is 97.7 cm³/mol. The van der Waals surface area contributed by atoms with Crippen molar-refractivity contribution in [2.45, 2.75) is 11.4 Å². The maximum absolute atomic E-state index is 12.4. The first-order chi connectivity index (χ1) is 13.3. The maximum Gasteiger partial charge on any atom is 0.442 e. The van der Waals surface area contributed by atoms with Gasteiger partial charge in [0.15, 0.2) is 5.82 Å². The molecule has 1 aromatic carbocycles. The molecule has 0 saturated carbocycles. The fourth-order valence-electron chi connectivity index (χ4n) is 2.27. The summed E-state index contributed by atoms with van der Waals surface area (Å²) in [6.07, 6.45) is 2.92. The first-order valence-electron chi connectivity index (χ1n) is 7.95. The van der Waals surface area contributed by atoms with E-state index in [1.165, 1.54) is 50.8 Å².